The van der Waals surface area contributed by atoms with Gasteiger partial charge in [0, 0.05) is 24.5 Å². The Bertz CT molecular complexity index is 707. The Morgan fingerprint density at radius 3 is 2.44 bits per heavy atom. The number of carbonyl (C=O) groups is 1. The number of benzene rings is 2. The predicted molar refractivity (Wildman–Crippen MR) is 99.6 cm³/mol. The molecule has 132 valence electrons. The van der Waals surface area contributed by atoms with Gasteiger partial charge in [-0.3, -0.25) is 4.79 Å². The van der Waals surface area contributed by atoms with Crippen molar-refractivity contribution >= 4 is 17.3 Å². The van der Waals surface area contributed by atoms with Gasteiger partial charge in [0.25, 0.3) is 5.91 Å². The summed E-state index contributed by atoms with van der Waals surface area (Å²) in [6.07, 6.45) is 0.0155. The lowest BCUT2D eigenvalue weighted by Gasteiger charge is -2.28. The van der Waals surface area contributed by atoms with Crippen LogP contribution in [0.25, 0.3) is 0 Å². The summed E-state index contributed by atoms with van der Waals surface area (Å²) in [6.45, 7) is 7.19. The average molecular weight is 340 g/mol. The third kappa shape index (κ3) is 4.51. The molecule has 0 aromatic heterocycles. The molecule has 1 saturated heterocycles. The third-order valence-corrected chi connectivity index (χ3v) is 4.00. The van der Waals surface area contributed by atoms with Gasteiger partial charge in [0.05, 0.1) is 24.9 Å². The van der Waals surface area contributed by atoms with Crippen LogP contribution in [-0.2, 0) is 4.74 Å². The van der Waals surface area contributed by atoms with E-state index >= 15 is 0 Å². The molecular weight excluding hydrogens is 316 g/mol. The van der Waals surface area contributed by atoms with Crippen LogP contribution in [0, 0.1) is 0 Å². The van der Waals surface area contributed by atoms with Gasteiger partial charge in [-0.2, -0.15) is 0 Å². The van der Waals surface area contributed by atoms with Gasteiger partial charge in [0.1, 0.15) is 5.75 Å². The first kappa shape index (κ1) is 17.3. The van der Waals surface area contributed by atoms with Crippen molar-refractivity contribution in [2.24, 2.45) is 0 Å². The number of hydrogen-bond acceptors (Lipinski definition) is 4. The highest BCUT2D eigenvalue weighted by Crippen LogP contribution is 2.23. The first-order chi connectivity index (χ1) is 12.1. The minimum Gasteiger partial charge on any atom is -0.490 e. The number of nitrogens with one attached hydrogen (secondary N) is 1. The largest absolute Gasteiger partial charge is 0.490 e. The van der Waals surface area contributed by atoms with Crippen LogP contribution in [0.5, 0.6) is 5.75 Å². The van der Waals surface area contributed by atoms with Crippen LogP contribution in [-0.4, -0.2) is 38.3 Å². The number of ether oxygens (including phenoxy) is 2. The average Bonchev–Trinajstić information content (AvgIpc) is 2.63. The Morgan fingerprint density at radius 2 is 1.76 bits per heavy atom. The topological polar surface area (TPSA) is 50.8 Å². The zero-order valence-electron chi connectivity index (χ0n) is 14.7. The number of morpholine rings is 1. The van der Waals surface area contributed by atoms with Crippen molar-refractivity contribution in [1.29, 1.82) is 0 Å². The second kappa shape index (κ2) is 8.03. The molecule has 5 heteroatoms. The fourth-order valence-corrected chi connectivity index (χ4v) is 2.79. The highest BCUT2D eigenvalue weighted by molar-refractivity contribution is 6.06. The van der Waals surface area contributed by atoms with E-state index in [0.717, 1.165) is 37.7 Å². The second-order valence-corrected chi connectivity index (χ2v) is 6.26. The summed E-state index contributed by atoms with van der Waals surface area (Å²) in [6, 6.07) is 15.2. The van der Waals surface area contributed by atoms with Crippen molar-refractivity contribution in [2.45, 2.75) is 20.0 Å². The van der Waals surface area contributed by atoms with Crippen molar-refractivity contribution in [3.05, 3.63) is 54.1 Å². The van der Waals surface area contributed by atoms with Crippen molar-refractivity contribution in [2.75, 3.05) is 36.5 Å². The molecule has 1 fully saturated rings. The lowest BCUT2D eigenvalue weighted by atomic mass is 10.1. The van der Waals surface area contributed by atoms with Crippen molar-refractivity contribution in [3.8, 4) is 5.75 Å². The Hall–Kier alpha value is -2.53. The summed E-state index contributed by atoms with van der Waals surface area (Å²) < 4.78 is 11.1. The van der Waals surface area contributed by atoms with E-state index in [1.54, 1.807) is 6.07 Å². The second-order valence-electron chi connectivity index (χ2n) is 6.26. The number of carbonyl (C=O) groups excluding carboxylic acids is 1. The number of anilines is 2. The molecule has 0 radical (unpaired) electrons. The number of para-hydroxylation sites is 1. The summed E-state index contributed by atoms with van der Waals surface area (Å²) in [5.74, 6) is 0.426. The standard InChI is InChI=1S/C20H24N2O3/c1-15(2)25-19-6-4-3-5-18(19)20(23)21-16-7-9-17(10-8-16)22-11-13-24-14-12-22/h3-10,15H,11-14H2,1-2H3,(H,21,23). The third-order valence-electron chi connectivity index (χ3n) is 4.00. The molecule has 1 heterocycles. The number of amides is 1. The zero-order chi connectivity index (χ0) is 17.6. The Kier molecular flexibility index (Phi) is 5.56. The summed E-state index contributed by atoms with van der Waals surface area (Å²) in [5.41, 5.74) is 2.44. The smallest absolute Gasteiger partial charge is 0.259 e. The maximum Gasteiger partial charge on any atom is 0.259 e. The van der Waals surface area contributed by atoms with Gasteiger partial charge < -0.3 is 19.7 Å². The molecule has 5 nitrogen and oxygen atoms in total. The molecule has 2 aromatic carbocycles. The van der Waals surface area contributed by atoms with Gasteiger partial charge in [-0.1, -0.05) is 12.1 Å². The molecule has 25 heavy (non-hydrogen) atoms. The quantitative estimate of drug-likeness (QED) is 0.904. The maximum atomic E-state index is 12.6. The monoisotopic (exact) mass is 340 g/mol. The lowest BCUT2D eigenvalue weighted by Crippen LogP contribution is -2.36. The highest BCUT2D eigenvalue weighted by Gasteiger charge is 2.14. The normalized spacial score (nSPS) is 14.4. The van der Waals surface area contributed by atoms with Crippen molar-refractivity contribution in [3.63, 3.8) is 0 Å². The number of nitrogens with zero attached hydrogens (tertiary/aromatic N) is 1. The molecule has 1 N–H and O–H groups in total. The van der Waals surface area contributed by atoms with E-state index in [9.17, 15) is 4.79 Å². The number of rotatable bonds is 5. The molecule has 1 aliphatic rings. The summed E-state index contributed by atoms with van der Waals surface area (Å²) in [4.78, 5) is 14.9. The summed E-state index contributed by atoms with van der Waals surface area (Å²) in [5, 5.41) is 2.94. The van der Waals surface area contributed by atoms with Crippen LogP contribution < -0.4 is 15.0 Å². The fraction of sp³-hybridized carbons (Fsp3) is 0.350. The molecular formula is C20H24N2O3. The van der Waals surface area contributed by atoms with E-state index in [-0.39, 0.29) is 12.0 Å². The van der Waals surface area contributed by atoms with Crippen molar-refractivity contribution < 1.29 is 14.3 Å². The minimum absolute atomic E-state index is 0.0155. The maximum absolute atomic E-state index is 12.6. The van der Waals surface area contributed by atoms with Gasteiger partial charge in [0.2, 0.25) is 0 Å². The lowest BCUT2D eigenvalue weighted by molar-refractivity contribution is 0.102. The van der Waals surface area contributed by atoms with Crippen LogP contribution in [0.1, 0.15) is 24.2 Å². The molecule has 0 unspecified atom stereocenters. The Morgan fingerprint density at radius 1 is 1.08 bits per heavy atom. The van der Waals surface area contributed by atoms with Crippen LogP contribution in [0.3, 0.4) is 0 Å². The van der Waals surface area contributed by atoms with Gasteiger partial charge in [0.15, 0.2) is 0 Å². The molecule has 3 rings (SSSR count). The van der Waals surface area contributed by atoms with E-state index in [1.807, 2.05) is 56.3 Å². The van der Waals surface area contributed by atoms with Crippen molar-refractivity contribution in [1.82, 2.24) is 0 Å². The van der Waals surface area contributed by atoms with Gasteiger partial charge in [-0.05, 0) is 50.2 Å². The minimum atomic E-state index is -0.171. The molecule has 0 atom stereocenters. The van der Waals surface area contributed by atoms with E-state index in [4.69, 9.17) is 9.47 Å². The molecule has 0 bridgehead atoms. The Balaban J connectivity index is 1.69. The summed E-state index contributed by atoms with van der Waals surface area (Å²) >= 11 is 0. The predicted octanol–water partition coefficient (Wildman–Crippen LogP) is 3.56. The van der Waals surface area contributed by atoms with Crippen LogP contribution in [0.15, 0.2) is 48.5 Å². The fourth-order valence-electron chi connectivity index (χ4n) is 2.79. The van der Waals surface area contributed by atoms with E-state index in [1.165, 1.54) is 0 Å². The Labute approximate surface area is 148 Å². The zero-order valence-corrected chi connectivity index (χ0v) is 14.7. The summed E-state index contributed by atoms with van der Waals surface area (Å²) in [7, 11) is 0. The first-order valence-electron chi connectivity index (χ1n) is 8.63. The van der Waals surface area contributed by atoms with Gasteiger partial charge >= 0.3 is 0 Å². The molecule has 0 aliphatic carbocycles. The SMILES string of the molecule is CC(C)Oc1ccccc1C(=O)Nc1ccc(N2CCOCC2)cc1. The van der Waals surface area contributed by atoms with E-state index < -0.39 is 0 Å². The van der Waals surface area contributed by atoms with Crippen LogP contribution >= 0.6 is 0 Å². The molecule has 1 amide bonds. The molecule has 1 aliphatic heterocycles. The van der Waals surface area contributed by atoms with Crippen LogP contribution in [0.2, 0.25) is 0 Å². The highest BCUT2D eigenvalue weighted by atomic mass is 16.5. The van der Waals surface area contributed by atoms with E-state index in [2.05, 4.69) is 10.2 Å². The first-order valence-corrected chi connectivity index (χ1v) is 8.63. The van der Waals surface area contributed by atoms with E-state index in [0.29, 0.717) is 11.3 Å². The molecule has 2 aromatic rings. The van der Waals surface area contributed by atoms with Gasteiger partial charge in [-0.25, -0.2) is 0 Å². The van der Waals surface area contributed by atoms with Crippen LogP contribution in [0.4, 0.5) is 11.4 Å². The number of hydrogen-bond donors (Lipinski definition) is 1. The molecule has 0 saturated carbocycles. The van der Waals surface area contributed by atoms with Gasteiger partial charge in [-0.15, -0.1) is 0 Å². The molecule has 0 spiro atoms.